The predicted molar refractivity (Wildman–Crippen MR) is 116 cm³/mol. The Morgan fingerprint density at radius 3 is 2.26 bits per heavy atom. The summed E-state index contributed by atoms with van der Waals surface area (Å²) in [5, 5.41) is 3.15. The molecule has 2 heterocycles. The second-order valence-electron chi connectivity index (χ2n) is 8.35. The molecule has 2 fully saturated rings. The smallest absolute Gasteiger partial charge is 0.243 e. The molecule has 9 nitrogen and oxygen atoms in total. The lowest BCUT2D eigenvalue weighted by Gasteiger charge is -2.38. The number of carbonyl (C=O) groups is 2. The predicted octanol–water partition coefficient (Wildman–Crippen LogP) is 0.782. The van der Waals surface area contributed by atoms with E-state index in [0.29, 0.717) is 24.8 Å². The van der Waals surface area contributed by atoms with Crippen LogP contribution in [0.2, 0.25) is 0 Å². The number of carbonyl (C=O) groups excluding carboxylic acids is 2. The van der Waals surface area contributed by atoms with E-state index in [4.69, 9.17) is 0 Å². The molecule has 1 aromatic carbocycles. The van der Waals surface area contributed by atoms with Gasteiger partial charge in [-0.3, -0.25) is 14.6 Å². The van der Waals surface area contributed by atoms with Crippen LogP contribution >= 0.6 is 0 Å². The molecule has 1 atom stereocenters. The molecule has 2 aliphatic rings. The molecule has 0 saturated carbocycles. The standard InChI is InChI=1S/C20H29N3O6S2/c1-15(24)17-5-4-6-19(13-17)31(28,29)22-10-7-16(8-11-22)20(25)23(21(2)3)18-9-12-30(26,27)14-18/h4-6,13,16,18H,7-12,14H2,1-3H3/t18-/m0/s1. The SMILES string of the molecule is CC(=O)c1cccc(S(=O)(=O)N2CCC(C(=O)N([C@H]3CCS(=O)(=O)C3)N(C)C)CC2)c1. The Balaban J connectivity index is 1.70. The van der Waals surface area contributed by atoms with Gasteiger partial charge in [-0.05, 0) is 38.3 Å². The minimum Gasteiger partial charge on any atom is -0.295 e. The molecule has 1 aromatic rings. The van der Waals surface area contributed by atoms with Crippen molar-refractivity contribution in [2.45, 2.75) is 37.1 Å². The minimum atomic E-state index is -3.77. The summed E-state index contributed by atoms with van der Waals surface area (Å²) in [7, 11) is -3.48. The number of ketones is 1. The highest BCUT2D eigenvalue weighted by atomic mass is 32.2. The summed E-state index contributed by atoms with van der Waals surface area (Å²) in [6.45, 7) is 1.76. The van der Waals surface area contributed by atoms with Gasteiger partial charge in [0.25, 0.3) is 0 Å². The molecule has 0 aromatic heterocycles. The molecule has 2 saturated heterocycles. The molecule has 0 aliphatic carbocycles. The zero-order valence-electron chi connectivity index (χ0n) is 18.0. The van der Waals surface area contributed by atoms with E-state index in [1.807, 2.05) is 0 Å². The van der Waals surface area contributed by atoms with Crippen LogP contribution in [0.4, 0.5) is 0 Å². The first-order chi connectivity index (χ1) is 14.4. The molecule has 31 heavy (non-hydrogen) atoms. The van der Waals surface area contributed by atoms with Crippen molar-refractivity contribution in [1.29, 1.82) is 0 Å². The lowest BCUT2D eigenvalue weighted by Crippen LogP contribution is -2.53. The fourth-order valence-corrected chi connectivity index (χ4v) is 7.43. The van der Waals surface area contributed by atoms with Crippen molar-refractivity contribution < 1.29 is 26.4 Å². The van der Waals surface area contributed by atoms with E-state index in [2.05, 4.69) is 0 Å². The molecule has 1 amide bonds. The van der Waals surface area contributed by atoms with Crippen LogP contribution in [0.1, 0.15) is 36.5 Å². The van der Waals surface area contributed by atoms with E-state index in [1.54, 1.807) is 31.2 Å². The third kappa shape index (κ3) is 5.16. The zero-order valence-corrected chi connectivity index (χ0v) is 19.7. The largest absolute Gasteiger partial charge is 0.295 e. The second-order valence-corrected chi connectivity index (χ2v) is 12.5. The normalized spacial score (nSPS) is 22.5. The molecule has 2 aliphatic heterocycles. The highest BCUT2D eigenvalue weighted by Crippen LogP contribution is 2.28. The molecule has 0 spiro atoms. The summed E-state index contributed by atoms with van der Waals surface area (Å²) in [6, 6.07) is 5.58. The van der Waals surface area contributed by atoms with Crippen LogP contribution < -0.4 is 0 Å². The number of nitrogens with zero attached hydrogens (tertiary/aromatic N) is 3. The van der Waals surface area contributed by atoms with Crippen molar-refractivity contribution in [2.24, 2.45) is 5.92 Å². The summed E-state index contributed by atoms with van der Waals surface area (Å²) in [5.74, 6) is -0.718. The maximum absolute atomic E-state index is 13.2. The number of Topliss-reactive ketones (excluding diaryl/α,β-unsaturated/α-hetero) is 1. The number of hydrogen-bond donors (Lipinski definition) is 0. The Bertz CT molecular complexity index is 1060. The van der Waals surface area contributed by atoms with Crippen LogP contribution in [0.15, 0.2) is 29.2 Å². The quantitative estimate of drug-likeness (QED) is 0.445. The lowest BCUT2D eigenvalue weighted by molar-refractivity contribution is -0.155. The Morgan fingerprint density at radius 2 is 1.74 bits per heavy atom. The highest BCUT2D eigenvalue weighted by molar-refractivity contribution is 7.91. The van der Waals surface area contributed by atoms with E-state index in [-0.39, 0.29) is 53.1 Å². The third-order valence-electron chi connectivity index (χ3n) is 5.89. The topological polar surface area (TPSA) is 112 Å². The van der Waals surface area contributed by atoms with Crippen molar-refractivity contribution in [3.8, 4) is 0 Å². The zero-order chi connectivity index (χ0) is 23.0. The number of benzene rings is 1. The maximum Gasteiger partial charge on any atom is 0.243 e. The molecular formula is C20H29N3O6S2. The molecule has 172 valence electrons. The van der Waals surface area contributed by atoms with E-state index in [9.17, 15) is 26.4 Å². The Hall–Kier alpha value is -1.82. The van der Waals surface area contributed by atoms with Gasteiger partial charge in [0.2, 0.25) is 15.9 Å². The van der Waals surface area contributed by atoms with Gasteiger partial charge in [0.15, 0.2) is 15.6 Å². The molecule has 0 N–H and O–H groups in total. The first-order valence-electron chi connectivity index (χ1n) is 10.2. The molecule has 11 heteroatoms. The number of sulfone groups is 1. The van der Waals surface area contributed by atoms with Gasteiger partial charge >= 0.3 is 0 Å². The van der Waals surface area contributed by atoms with Crippen molar-refractivity contribution in [3.05, 3.63) is 29.8 Å². The van der Waals surface area contributed by atoms with Gasteiger partial charge < -0.3 is 0 Å². The average Bonchev–Trinajstić information content (AvgIpc) is 3.07. The summed E-state index contributed by atoms with van der Waals surface area (Å²) < 4.78 is 51.1. The van der Waals surface area contributed by atoms with Gasteiger partial charge in [-0.15, -0.1) is 0 Å². The van der Waals surface area contributed by atoms with Gasteiger partial charge in [-0.25, -0.2) is 21.8 Å². The fourth-order valence-electron chi connectivity index (χ4n) is 4.23. The molecule has 0 radical (unpaired) electrons. The van der Waals surface area contributed by atoms with Crippen LogP contribution in [-0.2, 0) is 24.7 Å². The van der Waals surface area contributed by atoms with Crippen LogP contribution in [0.5, 0.6) is 0 Å². The first-order valence-corrected chi connectivity index (χ1v) is 13.5. The van der Waals surface area contributed by atoms with Crippen molar-refractivity contribution in [2.75, 3.05) is 38.7 Å². The number of piperidine rings is 1. The minimum absolute atomic E-state index is 0.0450. The summed E-state index contributed by atoms with van der Waals surface area (Å²) in [6.07, 6.45) is 1.12. The summed E-state index contributed by atoms with van der Waals surface area (Å²) in [4.78, 5) is 24.8. The van der Waals surface area contributed by atoms with Crippen molar-refractivity contribution >= 4 is 31.6 Å². The number of sulfonamides is 1. The van der Waals surface area contributed by atoms with E-state index in [0.717, 1.165) is 0 Å². The monoisotopic (exact) mass is 471 g/mol. The second kappa shape index (κ2) is 8.97. The Morgan fingerprint density at radius 1 is 1.10 bits per heavy atom. The van der Waals surface area contributed by atoms with Crippen LogP contribution in [-0.4, -0.2) is 87.6 Å². The third-order valence-corrected chi connectivity index (χ3v) is 9.54. The number of hydrazine groups is 1. The van der Waals surface area contributed by atoms with Crippen LogP contribution in [0.25, 0.3) is 0 Å². The molecule has 0 bridgehead atoms. The number of hydrogen-bond acceptors (Lipinski definition) is 7. The first kappa shape index (κ1) is 23.8. The summed E-state index contributed by atoms with van der Waals surface area (Å²) >= 11 is 0. The van der Waals surface area contributed by atoms with Crippen molar-refractivity contribution in [1.82, 2.24) is 14.3 Å². The maximum atomic E-state index is 13.2. The van der Waals surface area contributed by atoms with Gasteiger partial charge in [0.05, 0.1) is 22.4 Å². The highest BCUT2D eigenvalue weighted by Gasteiger charge is 2.40. The molecule has 3 rings (SSSR count). The van der Waals surface area contributed by atoms with Crippen molar-refractivity contribution in [3.63, 3.8) is 0 Å². The van der Waals surface area contributed by atoms with Crippen LogP contribution in [0, 0.1) is 5.92 Å². The van der Waals surface area contributed by atoms with E-state index in [1.165, 1.54) is 28.4 Å². The fraction of sp³-hybridized carbons (Fsp3) is 0.600. The van der Waals surface area contributed by atoms with E-state index < -0.39 is 19.9 Å². The number of rotatable bonds is 6. The number of amides is 1. The molecule has 0 unspecified atom stereocenters. The van der Waals surface area contributed by atoms with E-state index >= 15 is 0 Å². The van der Waals surface area contributed by atoms with Crippen LogP contribution in [0.3, 0.4) is 0 Å². The van der Waals surface area contributed by atoms with Gasteiger partial charge in [0.1, 0.15) is 0 Å². The average molecular weight is 472 g/mol. The van der Waals surface area contributed by atoms with Gasteiger partial charge in [0, 0.05) is 38.7 Å². The molecular weight excluding hydrogens is 442 g/mol. The lowest BCUT2D eigenvalue weighted by atomic mass is 9.96. The van der Waals surface area contributed by atoms with Gasteiger partial charge in [-0.2, -0.15) is 4.31 Å². The Labute approximate surface area is 183 Å². The summed E-state index contributed by atoms with van der Waals surface area (Å²) in [5.41, 5.74) is 0.333. The Kier molecular flexibility index (Phi) is 6.90. The van der Waals surface area contributed by atoms with Gasteiger partial charge in [-0.1, -0.05) is 12.1 Å².